The molecule has 2 unspecified atom stereocenters. The number of ether oxygens (including phenoxy) is 4. The molecule has 0 amide bonds. The van der Waals surface area contributed by atoms with E-state index in [1.807, 2.05) is 92.7 Å². The zero-order valence-electron chi connectivity index (χ0n) is 35.3. The summed E-state index contributed by atoms with van der Waals surface area (Å²) in [5, 5.41) is 9.45. The van der Waals surface area contributed by atoms with Crippen LogP contribution in [0.4, 0.5) is 5.95 Å². The molecule has 1 fully saturated rings. The molecule has 1 aliphatic rings. The lowest BCUT2D eigenvalue weighted by Crippen LogP contribution is -2.50. The number of aromatic amines is 1. The summed E-state index contributed by atoms with van der Waals surface area (Å²) in [6.07, 6.45) is -2.16. The van der Waals surface area contributed by atoms with Crippen LogP contribution in [0, 0.1) is 17.2 Å². The highest BCUT2D eigenvalue weighted by molar-refractivity contribution is 7.44. The van der Waals surface area contributed by atoms with E-state index in [9.17, 15) is 10.1 Å². The van der Waals surface area contributed by atoms with Crippen molar-refractivity contribution in [1.29, 1.82) is 5.26 Å². The molecule has 60 heavy (non-hydrogen) atoms. The van der Waals surface area contributed by atoms with Crippen LogP contribution in [-0.4, -0.2) is 81.2 Å². The third-order valence-corrected chi connectivity index (χ3v) is 12.5. The Labute approximate surface area is 351 Å². The molecule has 15 nitrogen and oxygen atoms in total. The summed E-state index contributed by atoms with van der Waals surface area (Å²) in [7, 11) is 1.39. The molecule has 318 valence electrons. The Morgan fingerprint density at radius 3 is 2.08 bits per heavy atom. The molecule has 0 radical (unpaired) electrons. The number of nitriles is 1. The number of ketones is 1. The number of Topliss-reactive ketones (excluding diaryl/α,β-unsaturated/α-hetero) is 1. The van der Waals surface area contributed by atoms with Crippen LogP contribution >= 0.6 is 8.53 Å². The summed E-state index contributed by atoms with van der Waals surface area (Å²) in [5.41, 5.74) is 6.60. The maximum absolute atomic E-state index is 15.0. The number of nitrogens with zero attached hydrogens (tertiary/aromatic N) is 5. The Bertz CT molecular complexity index is 2240. The van der Waals surface area contributed by atoms with Crippen LogP contribution in [-0.2, 0) is 28.9 Å². The topological polar surface area (TPSA) is 189 Å². The van der Waals surface area contributed by atoms with E-state index in [0.29, 0.717) is 11.5 Å². The van der Waals surface area contributed by atoms with Crippen molar-refractivity contribution >= 4 is 31.4 Å². The summed E-state index contributed by atoms with van der Waals surface area (Å²) in [4.78, 5) is 39.2. The number of benzene rings is 3. The highest BCUT2D eigenvalue weighted by Crippen LogP contribution is 2.52. The minimum atomic E-state index is -1.82. The number of carbonyl (C=O) groups excluding carboxylic acids is 1. The van der Waals surface area contributed by atoms with E-state index in [2.05, 4.69) is 53.4 Å². The largest absolute Gasteiger partial charge is 0.497 e. The second-order valence-electron chi connectivity index (χ2n) is 15.4. The fourth-order valence-electron chi connectivity index (χ4n) is 7.60. The molecule has 5 aromatic rings. The quantitative estimate of drug-likeness (QED) is 0.0480. The van der Waals surface area contributed by atoms with Crippen LogP contribution in [0.2, 0.25) is 0 Å². The number of imidazole rings is 1. The molecule has 0 aliphatic carbocycles. The molecule has 1 aliphatic heterocycles. The van der Waals surface area contributed by atoms with Crippen molar-refractivity contribution in [1.82, 2.24) is 24.2 Å². The van der Waals surface area contributed by atoms with Gasteiger partial charge in [0.15, 0.2) is 16.9 Å². The summed E-state index contributed by atoms with van der Waals surface area (Å²) in [6, 6.07) is 27.0. The predicted octanol–water partition coefficient (Wildman–Crippen LogP) is 7.27. The van der Waals surface area contributed by atoms with E-state index in [-0.39, 0.29) is 54.4 Å². The number of hydrogen-bond acceptors (Lipinski definition) is 13. The minimum Gasteiger partial charge on any atom is -0.497 e. The summed E-state index contributed by atoms with van der Waals surface area (Å²) < 4.78 is 42.9. The molecule has 3 N–H and O–H groups in total. The molecule has 0 spiro atoms. The maximum Gasteiger partial charge on any atom is 0.280 e. The fraction of sp³-hybridized carbons (Fsp3) is 0.432. The lowest BCUT2D eigenvalue weighted by Gasteiger charge is -2.42. The van der Waals surface area contributed by atoms with E-state index in [1.54, 1.807) is 18.8 Å². The predicted molar refractivity (Wildman–Crippen MR) is 228 cm³/mol. The van der Waals surface area contributed by atoms with Crippen molar-refractivity contribution in [2.24, 2.45) is 5.92 Å². The van der Waals surface area contributed by atoms with Gasteiger partial charge in [0.1, 0.15) is 35.5 Å². The number of methoxy groups -OCH3 is 2. The van der Waals surface area contributed by atoms with Gasteiger partial charge in [-0.25, -0.2) is 9.65 Å². The van der Waals surface area contributed by atoms with Crippen molar-refractivity contribution in [2.75, 3.05) is 26.6 Å². The number of anilines is 1. The highest BCUT2D eigenvalue weighted by Gasteiger charge is 2.52. The number of nitrogens with one attached hydrogen (secondary N) is 1. The molecule has 3 aromatic carbocycles. The van der Waals surface area contributed by atoms with E-state index >= 15 is 4.79 Å². The van der Waals surface area contributed by atoms with Gasteiger partial charge in [-0.3, -0.25) is 19.1 Å². The maximum atomic E-state index is 15.0. The number of fused-ring (bicyclic) bond motifs is 1. The average molecular weight is 840 g/mol. The molecule has 3 heterocycles. The molecule has 16 heteroatoms. The molecule has 2 aromatic heterocycles. The lowest BCUT2D eigenvalue weighted by molar-refractivity contribution is -0.167. The van der Waals surface area contributed by atoms with Crippen molar-refractivity contribution in [3.05, 3.63) is 112 Å². The van der Waals surface area contributed by atoms with Crippen LogP contribution in [0.25, 0.3) is 11.2 Å². The normalized spacial score (nSPS) is 18.0. The monoisotopic (exact) mass is 839 g/mol. The van der Waals surface area contributed by atoms with Crippen LogP contribution < -0.4 is 20.8 Å². The standard InChI is InChI=1S/C44H54N7O8P/c1-27(2)38(52)40(58-44(30-13-10-9-11-14-30,31-15-19-33(54-7)20-16-31)32-17-21-34(55-8)22-18-32)39-35(59-60(56-24-12-23-45)51(28(3)4)29(5)6)25-36(57-39)50-26-47-37-41(50)48-43(46)49-42(37)53/h9-11,13-22,26-29,35-36,39-40H,12,24-25H2,1-8H3,(H3,46,48,49,53)/t35-,36+,39-,40?,60?/m0/s1. The zero-order chi connectivity index (χ0) is 43.1. The van der Waals surface area contributed by atoms with E-state index in [4.69, 9.17) is 33.7 Å². The summed E-state index contributed by atoms with van der Waals surface area (Å²) in [5.74, 6) is 0.462. The highest BCUT2D eigenvalue weighted by atomic mass is 31.2. The molecule has 6 rings (SSSR count). The second kappa shape index (κ2) is 19.5. The van der Waals surface area contributed by atoms with Gasteiger partial charge in [0.2, 0.25) is 5.95 Å². The first kappa shape index (κ1) is 44.4. The smallest absolute Gasteiger partial charge is 0.280 e. The summed E-state index contributed by atoms with van der Waals surface area (Å²) >= 11 is 0. The Morgan fingerprint density at radius 2 is 1.55 bits per heavy atom. The third kappa shape index (κ3) is 9.24. The van der Waals surface area contributed by atoms with Gasteiger partial charge in [-0.2, -0.15) is 10.2 Å². The fourth-order valence-corrected chi connectivity index (χ4v) is 9.35. The molecule has 1 saturated heterocycles. The molecular weight excluding hydrogens is 785 g/mol. The van der Waals surface area contributed by atoms with Crippen LogP contribution in [0.1, 0.15) is 77.3 Å². The van der Waals surface area contributed by atoms with E-state index < -0.39 is 50.1 Å². The van der Waals surface area contributed by atoms with Gasteiger partial charge in [0.25, 0.3) is 14.1 Å². The number of aromatic nitrogens is 4. The molecule has 0 bridgehead atoms. The number of hydrogen-bond donors (Lipinski definition) is 2. The molecule has 0 saturated carbocycles. The van der Waals surface area contributed by atoms with Gasteiger partial charge < -0.3 is 33.7 Å². The second-order valence-corrected chi connectivity index (χ2v) is 16.8. The van der Waals surface area contributed by atoms with Crippen LogP contribution in [0.3, 0.4) is 0 Å². The van der Waals surface area contributed by atoms with Crippen molar-refractivity contribution in [2.45, 2.75) is 96.6 Å². The Kier molecular flexibility index (Phi) is 14.4. The number of carbonyl (C=O) groups is 1. The van der Waals surface area contributed by atoms with Gasteiger partial charge in [-0.1, -0.05) is 68.4 Å². The number of H-pyrrole nitrogens is 1. The first-order chi connectivity index (χ1) is 28.8. The van der Waals surface area contributed by atoms with Gasteiger partial charge >= 0.3 is 0 Å². The van der Waals surface area contributed by atoms with Crippen molar-refractivity contribution in [3.63, 3.8) is 0 Å². The van der Waals surface area contributed by atoms with Gasteiger partial charge in [0.05, 0.1) is 45.7 Å². The van der Waals surface area contributed by atoms with Gasteiger partial charge in [-0.15, -0.1) is 0 Å². The first-order valence-electron chi connectivity index (χ1n) is 20.0. The number of rotatable bonds is 19. The Balaban J connectivity index is 1.57. The zero-order valence-corrected chi connectivity index (χ0v) is 36.2. The van der Waals surface area contributed by atoms with E-state index in [0.717, 1.165) is 16.7 Å². The van der Waals surface area contributed by atoms with Crippen LogP contribution in [0.5, 0.6) is 11.5 Å². The van der Waals surface area contributed by atoms with Crippen molar-refractivity contribution in [3.8, 4) is 17.6 Å². The van der Waals surface area contributed by atoms with Crippen LogP contribution in [0.15, 0.2) is 90.0 Å². The SMILES string of the molecule is COc1ccc(C(OC(C(=O)C(C)C)[C@H]2O[C@@H](n3cnc4c(=O)[nH]c(N)nc43)C[C@@H]2OP(OCCC#N)N(C(C)C)C(C)C)(c2ccccc2)c2ccc(OC)cc2)cc1. The average Bonchev–Trinajstić information content (AvgIpc) is 3.86. The Morgan fingerprint density at radius 1 is 0.967 bits per heavy atom. The van der Waals surface area contributed by atoms with Crippen molar-refractivity contribution < 1.29 is 32.8 Å². The van der Waals surface area contributed by atoms with Gasteiger partial charge in [-0.05, 0) is 68.7 Å². The Hall–Kier alpha value is -5.20. The first-order valence-corrected chi connectivity index (χ1v) is 21.1. The number of nitrogen functional groups attached to an aromatic ring is 1. The molecule has 5 atom stereocenters. The lowest BCUT2D eigenvalue weighted by atomic mass is 9.79. The third-order valence-electron chi connectivity index (χ3n) is 10.4. The van der Waals surface area contributed by atoms with Gasteiger partial charge in [0, 0.05) is 24.4 Å². The molecular formula is C44H54N7O8P. The number of nitrogens with two attached hydrogens (primary N) is 1. The minimum absolute atomic E-state index is 0.00789. The van der Waals surface area contributed by atoms with E-state index in [1.165, 1.54) is 6.33 Å². The summed E-state index contributed by atoms with van der Waals surface area (Å²) in [6.45, 7) is 12.0.